The fourth-order valence-corrected chi connectivity index (χ4v) is 4.09. The molecule has 6 nitrogen and oxygen atoms in total. The molecule has 0 atom stereocenters. The molecule has 0 aromatic heterocycles. The van der Waals surface area contributed by atoms with Gasteiger partial charge in [0, 0.05) is 0 Å². The van der Waals surface area contributed by atoms with Crippen molar-refractivity contribution in [2.75, 3.05) is 11.8 Å². The first-order chi connectivity index (χ1) is 14.3. The first kappa shape index (κ1) is 21.4. The van der Waals surface area contributed by atoms with Crippen molar-refractivity contribution in [2.24, 2.45) is 0 Å². The highest BCUT2D eigenvalue weighted by molar-refractivity contribution is 7.92. The third kappa shape index (κ3) is 4.80. The zero-order valence-electron chi connectivity index (χ0n) is 17.0. The SMILES string of the molecule is COc1ccc(S(=O)(=O)Nc2c(C)ccc(C)c2C(=O)OCc2ccccc2)cc1. The molecule has 3 rings (SSSR count). The van der Waals surface area contributed by atoms with E-state index in [1.807, 2.05) is 30.3 Å². The van der Waals surface area contributed by atoms with Crippen molar-refractivity contribution in [3.8, 4) is 5.75 Å². The van der Waals surface area contributed by atoms with Crippen molar-refractivity contribution >= 4 is 21.7 Å². The molecule has 156 valence electrons. The van der Waals surface area contributed by atoms with Crippen molar-refractivity contribution < 1.29 is 22.7 Å². The summed E-state index contributed by atoms with van der Waals surface area (Å²) in [7, 11) is -2.41. The number of esters is 1. The summed E-state index contributed by atoms with van der Waals surface area (Å²) >= 11 is 0. The first-order valence-corrected chi connectivity index (χ1v) is 10.8. The summed E-state index contributed by atoms with van der Waals surface area (Å²) in [6, 6.07) is 18.8. The monoisotopic (exact) mass is 425 g/mol. The zero-order valence-corrected chi connectivity index (χ0v) is 17.8. The van der Waals surface area contributed by atoms with E-state index in [2.05, 4.69) is 4.72 Å². The van der Waals surface area contributed by atoms with Crippen LogP contribution in [-0.2, 0) is 21.4 Å². The Kier molecular flexibility index (Phi) is 6.42. The Labute approximate surface area is 176 Å². The van der Waals surface area contributed by atoms with E-state index in [1.54, 1.807) is 38.1 Å². The molecule has 0 aliphatic carbocycles. The highest BCUT2D eigenvalue weighted by atomic mass is 32.2. The van der Waals surface area contributed by atoms with Gasteiger partial charge in [-0.05, 0) is 54.8 Å². The lowest BCUT2D eigenvalue weighted by Gasteiger charge is -2.17. The van der Waals surface area contributed by atoms with Gasteiger partial charge in [-0.25, -0.2) is 13.2 Å². The summed E-state index contributed by atoms with van der Waals surface area (Å²) in [6.07, 6.45) is 0. The lowest BCUT2D eigenvalue weighted by molar-refractivity contribution is 0.0473. The molecular weight excluding hydrogens is 402 g/mol. The number of hydrogen-bond donors (Lipinski definition) is 1. The van der Waals surface area contributed by atoms with E-state index in [-0.39, 0.29) is 22.8 Å². The molecule has 0 spiro atoms. The number of sulfonamides is 1. The van der Waals surface area contributed by atoms with Gasteiger partial charge in [-0.1, -0.05) is 42.5 Å². The average Bonchev–Trinajstić information content (AvgIpc) is 2.75. The van der Waals surface area contributed by atoms with Crippen molar-refractivity contribution in [2.45, 2.75) is 25.3 Å². The standard InChI is InChI=1S/C23H23NO5S/c1-16-9-10-17(2)22(21(16)23(25)29-15-18-7-5-4-6-8-18)24-30(26,27)20-13-11-19(28-3)12-14-20/h4-14,24H,15H2,1-3H3. The van der Waals surface area contributed by atoms with Crippen LogP contribution in [0, 0.1) is 13.8 Å². The Morgan fingerprint density at radius 1 is 0.900 bits per heavy atom. The van der Waals surface area contributed by atoms with E-state index in [9.17, 15) is 13.2 Å². The molecule has 3 aromatic rings. The smallest absolute Gasteiger partial charge is 0.340 e. The molecule has 3 aromatic carbocycles. The number of carbonyl (C=O) groups excluding carboxylic acids is 1. The maximum absolute atomic E-state index is 12.9. The van der Waals surface area contributed by atoms with Gasteiger partial charge in [0.05, 0.1) is 23.3 Å². The van der Waals surface area contributed by atoms with Crippen LogP contribution in [0.1, 0.15) is 27.0 Å². The molecule has 0 aliphatic heterocycles. The number of ether oxygens (including phenoxy) is 2. The van der Waals surface area contributed by atoms with E-state index in [4.69, 9.17) is 9.47 Å². The van der Waals surface area contributed by atoms with Crippen molar-refractivity contribution in [1.82, 2.24) is 0 Å². The lowest BCUT2D eigenvalue weighted by atomic mass is 10.0. The highest BCUT2D eigenvalue weighted by Crippen LogP contribution is 2.28. The number of benzene rings is 3. The number of hydrogen-bond acceptors (Lipinski definition) is 5. The van der Waals surface area contributed by atoms with Gasteiger partial charge in [-0.3, -0.25) is 4.72 Å². The normalized spacial score (nSPS) is 11.0. The molecule has 0 radical (unpaired) electrons. The van der Waals surface area contributed by atoms with Crippen LogP contribution in [0.2, 0.25) is 0 Å². The van der Waals surface area contributed by atoms with Gasteiger partial charge in [0.1, 0.15) is 12.4 Å². The molecule has 0 saturated heterocycles. The molecule has 0 bridgehead atoms. The summed E-state index contributed by atoms with van der Waals surface area (Å²) in [5.41, 5.74) is 2.49. The quantitative estimate of drug-likeness (QED) is 0.565. The Bertz CT molecular complexity index is 1140. The third-order valence-electron chi connectivity index (χ3n) is 4.65. The van der Waals surface area contributed by atoms with Crippen LogP contribution in [0.4, 0.5) is 5.69 Å². The molecule has 1 N–H and O–H groups in total. The summed E-state index contributed by atoms with van der Waals surface area (Å²) < 4.78 is 38.9. The van der Waals surface area contributed by atoms with Gasteiger partial charge in [0.15, 0.2) is 0 Å². The van der Waals surface area contributed by atoms with Gasteiger partial charge in [-0.15, -0.1) is 0 Å². The van der Waals surface area contributed by atoms with E-state index in [0.717, 1.165) is 5.56 Å². The van der Waals surface area contributed by atoms with Crippen LogP contribution in [-0.4, -0.2) is 21.5 Å². The first-order valence-electron chi connectivity index (χ1n) is 9.30. The number of carbonyl (C=O) groups is 1. The molecule has 0 unspecified atom stereocenters. The maximum atomic E-state index is 12.9. The summed E-state index contributed by atoms with van der Waals surface area (Å²) in [4.78, 5) is 12.9. The minimum Gasteiger partial charge on any atom is -0.497 e. The molecule has 30 heavy (non-hydrogen) atoms. The minimum atomic E-state index is -3.91. The highest BCUT2D eigenvalue weighted by Gasteiger charge is 2.23. The van der Waals surface area contributed by atoms with Gasteiger partial charge in [-0.2, -0.15) is 0 Å². The number of methoxy groups -OCH3 is 1. The van der Waals surface area contributed by atoms with Crippen molar-refractivity contribution in [3.05, 3.63) is 89.0 Å². The van der Waals surface area contributed by atoms with Crippen molar-refractivity contribution in [1.29, 1.82) is 0 Å². The summed E-state index contributed by atoms with van der Waals surface area (Å²) in [5.74, 6) is -0.0432. The summed E-state index contributed by atoms with van der Waals surface area (Å²) in [5, 5.41) is 0. The number of aryl methyl sites for hydroxylation is 2. The fourth-order valence-electron chi connectivity index (χ4n) is 2.95. The van der Waals surface area contributed by atoms with E-state index in [1.165, 1.54) is 19.2 Å². The second-order valence-electron chi connectivity index (χ2n) is 6.79. The second kappa shape index (κ2) is 9.00. The predicted molar refractivity (Wildman–Crippen MR) is 115 cm³/mol. The number of nitrogens with one attached hydrogen (secondary N) is 1. The zero-order chi connectivity index (χ0) is 21.7. The third-order valence-corrected chi connectivity index (χ3v) is 6.01. The lowest BCUT2D eigenvalue weighted by Crippen LogP contribution is -2.18. The Morgan fingerprint density at radius 2 is 1.53 bits per heavy atom. The van der Waals surface area contributed by atoms with Crippen LogP contribution in [0.5, 0.6) is 5.75 Å². The van der Waals surface area contributed by atoms with Gasteiger partial charge in [0.25, 0.3) is 10.0 Å². The maximum Gasteiger partial charge on any atom is 0.340 e. The average molecular weight is 426 g/mol. The van der Waals surface area contributed by atoms with Gasteiger partial charge >= 0.3 is 5.97 Å². The molecule has 0 aliphatic rings. The van der Waals surface area contributed by atoms with Crippen LogP contribution < -0.4 is 9.46 Å². The molecule has 0 fully saturated rings. The van der Waals surface area contributed by atoms with Gasteiger partial charge < -0.3 is 9.47 Å². The topological polar surface area (TPSA) is 81.7 Å². The molecule has 7 heteroatoms. The minimum absolute atomic E-state index is 0.0628. The van der Waals surface area contributed by atoms with Gasteiger partial charge in [0.2, 0.25) is 0 Å². The van der Waals surface area contributed by atoms with Crippen LogP contribution in [0.3, 0.4) is 0 Å². The molecule has 0 saturated carbocycles. The number of rotatable bonds is 7. The largest absolute Gasteiger partial charge is 0.497 e. The van der Waals surface area contributed by atoms with E-state index >= 15 is 0 Å². The Hall–Kier alpha value is -3.32. The Balaban J connectivity index is 1.90. The molecule has 0 heterocycles. The van der Waals surface area contributed by atoms with Crippen LogP contribution in [0.25, 0.3) is 0 Å². The second-order valence-corrected chi connectivity index (χ2v) is 8.47. The predicted octanol–water partition coefficient (Wildman–Crippen LogP) is 4.47. The molecule has 0 amide bonds. The number of anilines is 1. The van der Waals surface area contributed by atoms with E-state index in [0.29, 0.717) is 16.9 Å². The van der Waals surface area contributed by atoms with E-state index < -0.39 is 16.0 Å². The summed E-state index contributed by atoms with van der Waals surface area (Å²) in [6.45, 7) is 3.57. The Morgan fingerprint density at radius 3 is 2.17 bits per heavy atom. The van der Waals surface area contributed by atoms with Crippen LogP contribution in [0.15, 0.2) is 71.6 Å². The molecular formula is C23H23NO5S. The van der Waals surface area contributed by atoms with Crippen LogP contribution >= 0.6 is 0 Å². The fraction of sp³-hybridized carbons (Fsp3) is 0.174. The van der Waals surface area contributed by atoms with Crippen molar-refractivity contribution in [3.63, 3.8) is 0 Å².